The number of benzene rings is 2. The highest BCUT2D eigenvalue weighted by Gasteiger charge is 2.42. The van der Waals surface area contributed by atoms with Gasteiger partial charge in [-0.1, -0.05) is 110 Å². The molecule has 3 N–H and O–H groups in total. The SMILES string of the molecule is COC(=O)C(C)C[C@H](C(=O)N1CCC[C@H]1c1ncc(C2=CCC([C@H]3CC[C@H](c4ccc(-c5cnc([C@@H]6CCCN6C(O)[C@H](C(C)C)N(C)C(=O)OC)[nH]5)cc4)N3c3ccc(C(C)(C)C)cc3)C=C2)[nH]1)C(C)C. The first-order chi connectivity index (χ1) is 34.4. The fourth-order valence-electron chi connectivity index (χ4n) is 12.1. The molecule has 4 aliphatic rings. The van der Waals surface area contributed by atoms with E-state index in [9.17, 15) is 19.5 Å². The van der Waals surface area contributed by atoms with Crippen molar-refractivity contribution in [3.63, 3.8) is 0 Å². The Labute approximate surface area is 427 Å². The standard InChI is InChI=1S/C58H80N8O6/c1-35(2)44(32-37(5)56(69)71-10)54(67)64-30-12-14-49(64)52-59-33-45(61-52)38-16-20-40(21-17-38)47-28-29-48(66(47)43-26-24-42(25-27-43)58(6,7)8)41-22-18-39(19-23-41)46-34-60-53(62-46)50-15-13-31-65(50)55(68)51(36(3)4)63(9)57(70)72-11/h16-20,22-27,33-37,40,44,47-51,55,68H,12-15,21,28-32H2,1-11H3,(H,59,61)(H,60,62)/t37?,40?,44-,47+,48+,49-,50-,51-,55?/m0/s1. The van der Waals surface area contributed by atoms with Crippen LogP contribution in [0.3, 0.4) is 0 Å². The maximum Gasteiger partial charge on any atom is 0.409 e. The van der Waals surface area contributed by atoms with Crippen molar-refractivity contribution >= 4 is 29.2 Å². The Kier molecular flexibility index (Phi) is 16.2. The number of imidazole rings is 2. The number of hydrogen-bond donors (Lipinski definition) is 3. The highest BCUT2D eigenvalue weighted by molar-refractivity contribution is 5.81. The third kappa shape index (κ3) is 11.0. The van der Waals surface area contributed by atoms with Crippen molar-refractivity contribution in [3.05, 3.63) is 108 Å². The van der Waals surface area contributed by atoms with E-state index in [1.807, 2.05) is 38.1 Å². The molecule has 0 saturated carbocycles. The van der Waals surface area contributed by atoms with Crippen molar-refractivity contribution in [2.75, 3.05) is 39.3 Å². The van der Waals surface area contributed by atoms with E-state index >= 15 is 0 Å². The molecule has 3 aliphatic heterocycles. The number of rotatable bonds is 16. The molecule has 1 aliphatic carbocycles. The Bertz CT molecular complexity index is 2560. The van der Waals surface area contributed by atoms with Gasteiger partial charge in [0.25, 0.3) is 0 Å². The van der Waals surface area contributed by atoms with Crippen molar-refractivity contribution in [3.8, 4) is 11.3 Å². The molecule has 3 saturated heterocycles. The van der Waals surface area contributed by atoms with E-state index in [-0.39, 0.29) is 65.1 Å². The van der Waals surface area contributed by atoms with Crippen LogP contribution in [0.25, 0.3) is 16.8 Å². The van der Waals surface area contributed by atoms with Crippen molar-refractivity contribution < 1.29 is 29.0 Å². The van der Waals surface area contributed by atoms with Gasteiger partial charge in [-0.25, -0.2) is 14.8 Å². The monoisotopic (exact) mass is 985 g/mol. The Balaban J connectivity index is 0.973. The number of methoxy groups -OCH3 is 2. The maximum absolute atomic E-state index is 14.1. The second-order valence-corrected chi connectivity index (χ2v) is 22.6. The maximum atomic E-state index is 14.1. The van der Waals surface area contributed by atoms with Gasteiger partial charge in [0, 0.05) is 43.7 Å². The number of aromatic nitrogens is 4. The summed E-state index contributed by atoms with van der Waals surface area (Å²) >= 11 is 0. The molecule has 9 atom stereocenters. The van der Waals surface area contributed by atoms with Crippen LogP contribution >= 0.6 is 0 Å². The third-order valence-electron chi connectivity index (χ3n) is 16.2. The van der Waals surface area contributed by atoms with Gasteiger partial charge in [0.1, 0.15) is 17.9 Å². The van der Waals surface area contributed by atoms with Gasteiger partial charge in [-0.2, -0.15) is 0 Å². The Morgan fingerprint density at radius 2 is 1.46 bits per heavy atom. The van der Waals surface area contributed by atoms with Gasteiger partial charge in [0.05, 0.1) is 68.1 Å². The van der Waals surface area contributed by atoms with Gasteiger partial charge < -0.3 is 39.2 Å². The lowest BCUT2D eigenvalue weighted by molar-refractivity contribution is -0.147. The first-order valence-corrected chi connectivity index (χ1v) is 26.5. The van der Waals surface area contributed by atoms with Crippen molar-refractivity contribution in [2.24, 2.45) is 29.6 Å². The van der Waals surface area contributed by atoms with Crippen molar-refractivity contribution in [1.29, 1.82) is 0 Å². The van der Waals surface area contributed by atoms with Crippen LogP contribution in [-0.4, -0.2) is 110 Å². The fourth-order valence-corrected chi connectivity index (χ4v) is 12.1. The lowest BCUT2D eigenvalue weighted by atomic mass is 9.85. The number of allylic oxidation sites excluding steroid dienone is 3. The number of amides is 2. The summed E-state index contributed by atoms with van der Waals surface area (Å²) in [5.74, 6) is 1.21. The molecule has 4 aromatic rings. The normalized spacial score (nSPS) is 23.4. The summed E-state index contributed by atoms with van der Waals surface area (Å²) in [6.45, 7) is 18.1. The highest BCUT2D eigenvalue weighted by atomic mass is 16.5. The van der Waals surface area contributed by atoms with Gasteiger partial charge in [-0.05, 0) is 103 Å². The summed E-state index contributed by atoms with van der Waals surface area (Å²) in [5.41, 5.74) is 7.92. The zero-order valence-corrected chi connectivity index (χ0v) is 44.6. The predicted octanol–water partition coefficient (Wildman–Crippen LogP) is 10.8. The molecule has 2 aromatic heterocycles. The summed E-state index contributed by atoms with van der Waals surface area (Å²) in [6, 6.07) is 18.0. The largest absolute Gasteiger partial charge is 0.469 e. The molecule has 0 spiro atoms. The molecule has 0 radical (unpaired) electrons. The molecular weight excluding hydrogens is 905 g/mol. The molecule has 72 heavy (non-hydrogen) atoms. The van der Waals surface area contributed by atoms with E-state index in [0.717, 1.165) is 79.1 Å². The van der Waals surface area contributed by atoms with Gasteiger partial charge in [-0.3, -0.25) is 14.5 Å². The Morgan fingerprint density at radius 3 is 2.08 bits per heavy atom. The predicted molar refractivity (Wildman–Crippen MR) is 283 cm³/mol. The summed E-state index contributed by atoms with van der Waals surface area (Å²) in [5, 5.41) is 11.7. The molecule has 388 valence electrons. The average molecular weight is 985 g/mol. The molecular formula is C58H80N8O6. The number of hydrogen-bond acceptors (Lipinski definition) is 10. The molecule has 0 bridgehead atoms. The van der Waals surface area contributed by atoms with Crippen LogP contribution < -0.4 is 4.90 Å². The summed E-state index contributed by atoms with van der Waals surface area (Å²) in [6.07, 6.45) is 16.4. The lowest BCUT2D eigenvalue weighted by Crippen LogP contribution is -2.54. The molecule has 3 fully saturated rings. The second kappa shape index (κ2) is 22.2. The topological polar surface area (TPSA) is 160 Å². The first-order valence-electron chi connectivity index (χ1n) is 26.5. The quantitative estimate of drug-likeness (QED) is 0.0922. The van der Waals surface area contributed by atoms with Gasteiger partial charge >= 0.3 is 12.1 Å². The smallest absolute Gasteiger partial charge is 0.409 e. The fraction of sp³-hybridized carbons (Fsp3) is 0.569. The number of nitrogens with one attached hydrogen (secondary N) is 2. The minimum atomic E-state index is -0.878. The second-order valence-electron chi connectivity index (χ2n) is 22.6. The van der Waals surface area contributed by atoms with E-state index in [4.69, 9.17) is 19.4 Å². The number of carbonyl (C=O) groups excluding carboxylic acids is 3. The van der Waals surface area contributed by atoms with E-state index in [2.05, 4.69) is 121 Å². The number of esters is 1. The summed E-state index contributed by atoms with van der Waals surface area (Å²) in [4.78, 5) is 64.1. The summed E-state index contributed by atoms with van der Waals surface area (Å²) in [7, 11) is 4.45. The van der Waals surface area contributed by atoms with Crippen LogP contribution in [0.2, 0.25) is 0 Å². The van der Waals surface area contributed by atoms with Crippen LogP contribution in [0.5, 0.6) is 0 Å². The number of ether oxygens (including phenoxy) is 2. The number of anilines is 1. The molecule has 14 heteroatoms. The zero-order valence-electron chi connectivity index (χ0n) is 44.6. The first kappa shape index (κ1) is 52.6. The van der Waals surface area contributed by atoms with Crippen LogP contribution in [0, 0.1) is 29.6 Å². The molecule has 5 heterocycles. The molecule has 2 aromatic carbocycles. The number of aliphatic hydroxyl groups is 1. The minimum Gasteiger partial charge on any atom is -0.469 e. The van der Waals surface area contributed by atoms with Crippen LogP contribution in [-0.2, 0) is 24.5 Å². The number of nitrogens with zero attached hydrogens (tertiary/aromatic N) is 6. The Morgan fingerprint density at radius 1 is 0.806 bits per heavy atom. The van der Waals surface area contributed by atoms with E-state index in [0.29, 0.717) is 25.4 Å². The summed E-state index contributed by atoms with van der Waals surface area (Å²) < 4.78 is 10.00. The molecule has 3 unspecified atom stereocenters. The average Bonchev–Trinajstić information content (AvgIpc) is 4.24. The number of aromatic amines is 2. The van der Waals surface area contributed by atoms with E-state index in [1.165, 1.54) is 35.9 Å². The van der Waals surface area contributed by atoms with Gasteiger partial charge in [0.15, 0.2) is 0 Å². The molecule has 8 rings (SSSR count). The number of H-pyrrole nitrogens is 2. The van der Waals surface area contributed by atoms with Gasteiger partial charge in [-0.15, -0.1) is 0 Å². The minimum absolute atomic E-state index is 0.00627. The highest BCUT2D eigenvalue weighted by Crippen LogP contribution is 2.46. The molecule has 14 nitrogen and oxygen atoms in total. The number of carbonyl (C=O) groups is 3. The Hall–Kier alpha value is -5.73. The van der Waals surface area contributed by atoms with Crippen LogP contribution in [0.15, 0.2) is 79.2 Å². The number of aliphatic hydroxyl groups excluding tert-OH is 1. The van der Waals surface area contributed by atoms with E-state index in [1.54, 1.807) is 7.05 Å². The number of likely N-dealkylation sites (tertiary alicyclic amines) is 2. The van der Waals surface area contributed by atoms with Gasteiger partial charge in [0.2, 0.25) is 5.91 Å². The van der Waals surface area contributed by atoms with Crippen molar-refractivity contribution in [1.82, 2.24) is 34.6 Å². The number of likely N-dealkylation sites (N-methyl/N-ethyl adjacent to an activating group) is 1. The molecule has 2 amide bonds. The third-order valence-corrected chi connectivity index (χ3v) is 16.2. The van der Waals surface area contributed by atoms with E-state index < -0.39 is 18.4 Å². The van der Waals surface area contributed by atoms with Crippen LogP contribution in [0.4, 0.5) is 10.5 Å². The zero-order chi connectivity index (χ0) is 51.6. The van der Waals surface area contributed by atoms with Crippen molar-refractivity contribution in [2.45, 2.75) is 149 Å². The lowest BCUT2D eigenvalue weighted by Gasteiger charge is -2.39. The van der Waals surface area contributed by atoms with Crippen LogP contribution in [0.1, 0.15) is 153 Å².